The van der Waals surface area contributed by atoms with E-state index in [1.54, 1.807) is 0 Å². The van der Waals surface area contributed by atoms with E-state index in [1.165, 1.54) is 11.9 Å². The summed E-state index contributed by atoms with van der Waals surface area (Å²) in [6, 6.07) is 6.15. The summed E-state index contributed by atoms with van der Waals surface area (Å²) in [5.74, 6) is 1.33. The first-order valence-corrected chi connectivity index (χ1v) is 7.03. The number of aromatic nitrogens is 2. The Balaban J connectivity index is 2.34. The summed E-state index contributed by atoms with van der Waals surface area (Å²) in [6.07, 6.45) is 3.35. The third-order valence-corrected chi connectivity index (χ3v) is 3.24. The molecule has 0 unspecified atom stereocenters. The van der Waals surface area contributed by atoms with E-state index < -0.39 is 0 Å². The predicted octanol–water partition coefficient (Wildman–Crippen LogP) is 3.83. The van der Waals surface area contributed by atoms with Gasteiger partial charge in [0.1, 0.15) is 18.0 Å². The van der Waals surface area contributed by atoms with Crippen LogP contribution in [-0.2, 0) is 6.42 Å². The molecule has 19 heavy (non-hydrogen) atoms. The van der Waals surface area contributed by atoms with Gasteiger partial charge in [0.05, 0.1) is 0 Å². The smallest absolute Gasteiger partial charge is 0.139 e. The Labute approximate surface area is 121 Å². The zero-order chi connectivity index (χ0) is 13.8. The lowest BCUT2D eigenvalue weighted by molar-refractivity contribution is 0.908. The first-order valence-electron chi connectivity index (χ1n) is 6.23. The molecule has 5 heteroatoms. The fourth-order valence-electron chi connectivity index (χ4n) is 1.98. The van der Waals surface area contributed by atoms with Crippen LogP contribution in [-0.4, -0.2) is 9.97 Å². The normalized spacial score (nSPS) is 10.5. The molecule has 1 aromatic carbocycles. The van der Waals surface area contributed by atoms with Gasteiger partial charge in [-0.25, -0.2) is 9.97 Å². The van der Waals surface area contributed by atoms with E-state index in [1.807, 2.05) is 6.07 Å². The fraction of sp³-hybridized carbons (Fsp3) is 0.286. The SMILES string of the molecule is CCCc1c(N)ncnc1Nc1cc(C)cc(Br)c1. The van der Waals surface area contributed by atoms with Crippen LogP contribution in [0.1, 0.15) is 24.5 Å². The molecule has 0 spiro atoms. The van der Waals surface area contributed by atoms with Crippen LogP contribution in [0.15, 0.2) is 29.0 Å². The average molecular weight is 321 g/mol. The van der Waals surface area contributed by atoms with E-state index in [2.05, 4.69) is 57.2 Å². The minimum absolute atomic E-state index is 0.547. The first-order chi connectivity index (χ1) is 9.10. The lowest BCUT2D eigenvalue weighted by Gasteiger charge is -2.12. The number of benzene rings is 1. The minimum Gasteiger partial charge on any atom is -0.383 e. The summed E-state index contributed by atoms with van der Waals surface area (Å²) in [6.45, 7) is 4.16. The van der Waals surface area contributed by atoms with Gasteiger partial charge < -0.3 is 11.1 Å². The molecule has 2 aromatic rings. The number of halogens is 1. The van der Waals surface area contributed by atoms with Gasteiger partial charge >= 0.3 is 0 Å². The second-order valence-corrected chi connectivity index (χ2v) is 5.39. The Kier molecular flexibility index (Phi) is 4.37. The van der Waals surface area contributed by atoms with Crippen molar-refractivity contribution in [2.24, 2.45) is 0 Å². The minimum atomic E-state index is 0.547. The molecule has 4 nitrogen and oxygen atoms in total. The van der Waals surface area contributed by atoms with Crippen LogP contribution in [0.5, 0.6) is 0 Å². The molecule has 0 atom stereocenters. The van der Waals surface area contributed by atoms with Crippen LogP contribution >= 0.6 is 15.9 Å². The maximum Gasteiger partial charge on any atom is 0.139 e. The summed E-state index contributed by atoms with van der Waals surface area (Å²) in [5.41, 5.74) is 9.06. The molecule has 0 saturated heterocycles. The maximum atomic E-state index is 5.92. The number of nitrogens with one attached hydrogen (secondary N) is 1. The molecule has 0 amide bonds. The van der Waals surface area contributed by atoms with Crippen LogP contribution in [0, 0.1) is 6.92 Å². The van der Waals surface area contributed by atoms with Gasteiger partial charge in [0.2, 0.25) is 0 Å². The number of aryl methyl sites for hydroxylation is 1. The summed E-state index contributed by atoms with van der Waals surface area (Å²) in [4.78, 5) is 8.35. The fourth-order valence-corrected chi connectivity index (χ4v) is 2.58. The summed E-state index contributed by atoms with van der Waals surface area (Å²) in [5, 5.41) is 3.32. The molecule has 2 rings (SSSR count). The Morgan fingerprint density at radius 1 is 1.26 bits per heavy atom. The summed E-state index contributed by atoms with van der Waals surface area (Å²) in [7, 11) is 0. The Morgan fingerprint density at radius 2 is 2.05 bits per heavy atom. The molecule has 1 heterocycles. The third kappa shape index (κ3) is 3.44. The summed E-state index contributed by atoms with van der Waals surface area (Å²) >= 11 is 3.49. The molecule has 0 aliphatic carbocycles. The average Bonchev–Trinajstić information content (AvgIpc) is 2.32. The van der Waals surface area contributed by atoms with Crippen molar-refractivity contribution in [1.82, 2.24) is 9.97 Å². The van der Waals surface area contributed by atoms with Crippen LogP contribution in [0.3, 0.4) is 0 Å². The van der Waals surface area contributed by atoms with Gasteiger partial charge in [-0.3, -0.25) is 0 Å². The molecular formula is C14H17BrN4. The van der Waals surface area contributed by atoms with Crippen molar-refractivity contribution in [3.05, 3.63) is 40.1 Å². The Hall–Kier alpha value is -1.62. The lowest BCUT2D eigenvalue weighted by Crippen LogP contribution is -2.05. The van der Waals surface area contributed by atoms with Gasteiger partial charge in [0, 0.05) is 15.7 Å². The van der Waals surface area contributed by atoms with Gasteiger partial charge in [-0.05, 0) is 37.1 Å². The van der Waals surface area contributed by atoms with E-state index in [9.17, 15) is 0 Å². The van der Waals surface area contributed by atoms with Crippen LogP contribution < -0.4 is 11.1 Å². The highest BCUT2D eigenvalue weighted by atomic mass is 79.9. The predicted molar refractivity (Wildman–Crippen MR) is 82.6 cm³/mol. The van der Waals surface area contributed by atoms with Crippen molar-refractivity contribution in [1.29, 1.82) is 0 Å². The standard InChI is InChI=1S/C14H17BrN4/c1-3-4-12-13(16)17-8-18-14(12)19-11-6-9(2)5-10(15)7-11/h5-8H,3-4H2,1-2H3,(H3,16,17,18,19). The van der Waals surface area contributed by atoms with Crippen molar-refractivity contribution >= 4 is 33.3 Å². The second-order valence-electron chi connectivity index (χ2n) is 4.48. The van der Waals surface area contributed by atoms with E-state index in [0.717, 1.165) is 34.4 Å². The third-order valence-electron chi connectivity index (χ3n) is 2.78. The lowest BCUT2D eigenvalue weighted by atomic mass is 10.1. The monoisotopic (exact) mass is 320 g/mol. The number of nitrogens with two attached hydrogens (primary N) is 1. The topological polar surface area (TPSA) is 63.8 Å². The molecule has 0 aliphatic heterocycles. The highest BCUT2D eigenvalue weighted by Gasteiger charge is 2.09. The molecule has 1 aromatic heterocycles. The molecule has 100 valence electrons. The van der Waals surface area contributed by atoms with E-state index in [0.29, 0.717) is 5.82 Å². The first kappa shape index (κ1) is 13.8. The number of rotatable bonds is 4. The highest BCUT2D eigenvalue weighted by Crippen LogP contribution is 2.25. The molecule has 0 aliphatic rings. The Morgan fingerprint density at radius 3 is 2.74 bits per heavy atom. The van der Waals surface area contributed by atoms with Crippen molar-refractivity contribution < 1.29 is 0 Å². The van der Waals surface area contributed by atoms with Crippen LogP contribution in [0.25, 0.3) is 0 Å². The molecular weight excluding hydrogens is 304 g/mol. The van der Waals surface area contributed by atoms with Gasteiger partial charge in [0.25, 0.3) is 0 Å². The second kappa shape index (κ2) is 6.02. The van der Waals surface area contributed by atoms with Crippen LogP contribution in [0.4, 0.5) is 17.3 Å². The highest BCUT2D eigenvalue weighted by molar-refractivity contribution is 9.10. The van der Waals surface area contributed by atoms with Crippen molar-refractivity contribution in [3.8, 4) is 0 Å². The summed E-state index contributed by atoms with van der Waals surface area (Å²) < 4.78 is 1.04. The molecule has 0 bridgehead atoms. The largest absolute Gasteiger partial charge is 0.383 e. The van der Waals surface area contributed by atoms with Gasteiger partial charge in [-0.1, -0.05) is 29.3 Å². The maximum absolute atomic E-state index is 5.92. The van der Waals surface area contributed by atoms with Gasteiger partial charge in [0.15, 0.2) is 0 Å². The van der Waals surface area contributed by atoms with Crippen molar-refractivity contribution in [3.63, 3.8) is 0 Å². The van der Waals surface area contributed by atoms with Crippen molar-refractivity contribution in [2.45, 2.75) is 26.7 Å². The van der Waals surface area contributed by atoms with E-state index >= 15 is 0 Å². The van der Waals surface area contributed by atoms with Crippen LogP contribution in [0.2, 0.25) is 0 Å². The molecule has 0 saturated carbocycles. The molecule has 0 fully saturated rings. The molecule has 3 N–H and O–H groups in total. The molecule has 0 radical (unpaired) electrons. The Bertz CT molecular complexity index is 563. The number of hydrogen-bond donors (Lipinski definition) is 2. The van der Waals surface area contributed by atoms with Gasteiger partial charge in [-0.15, -0.1) is 0 Å². The van der Waals surface area contributed by atoms with Gasteiger partial charge in [-0.2, -0.15) is 0 Å². The number of anilines is 3. The quantitative estimate of drug-likeness (QED) is 0.898. The zero-order valence-corrected chi connectivity index (χ0v) is 12.7. The number of hydrogen-bond acceptors (Lipinski definition) is 4. The number of nitrogens with zero attached hydrogens (tertiary/aromatic N) is 2. The number of nitrogen functional groups attached to an aromatic ring is 1. The van der Waals surface area contributed by atoms with E-state index in [-0.39, 0.29) is 0 Å². The zero-order valence-electron chi connectivity index (χ0n) is 11.1. The van der Waals surface area contributed by atoms with Crippen molar-refractivity contribution in [2.75, 3.05) is 11.1 Å². The van der Waals surface area contributed by atoms with E-state index in [4.69, 9.17) is 5.73 Å².